The molecule has 1 N–H and O–H groups in total. The molecule has 0 spiro atoms. The lowest BCUT2D eigenvalue weighted by atomic mass is 10.0. The Morgan fingerprint density at radius 2 is 1.87 bits per heavy atom. The summed E-state index contributed by atoms with van der Waals surface area (Å²) in [5, 5.41) is 9.60. The highest BCUT2D eigenvalue weighted by molar-refractivity contribution is 5.92. The van der Waals surface area contributed by atoms with Gasteiger partial charge in [0.05, 0.1) is 41.0 Å². The van der Waals surface area contributed by atoms with Gasteiger partial charge in [0.1, 0.15) is 29.9 Å². The first-order valence-corrected chi connectivity index (χ1v) is 14.9. The molecule has 5 aromatic rings. The van der Waals surface area contributed by atoms with Crippen molar-refractivity contribution in [2.45, 2.75) is 51.4 Å². The van der Waals surface area contributed by atoms with Crippen LogP contribution in [0.2, 0.25) is 0 Å². The Kier molecular flexibility index (Phi) is 7.32. The highest BCUT2D eigenvalue weighted by Crippen LogP contribution is 2.46. The fourth-order valence-corrected chi connectivity index (χ4v) is 6.52. The summed E-state index contributed by atoms with van der Waals surface area (Å²) in [5.41, 5.74) is 2.29. The van der Waals surface area contributed by atoms with E-state index in [1.165, 1.54) is 12.1 Å². The quantitative estimate of drug-likeness (QED) is 0.188. The minimum absolute atomic E-state index is 0.0156. The Bertz CT molecular complexity index is 1950. The number of hydrogen-bond acceptors (Lipinski definition) is 5. The fourth-order valence-electron chi connectivity index (χ4n) is 6.52. The summed E-state index contributed by atoms with van der Waals surface area (Å²) >= 11 is 0. The first kappa shape index (κ1) is 29.0. The normalized spacial score (nSPS) is 19.0. The maximum Gasteiger partial charge on any atom is 0.335 e. The Morgan fingerprint density at radius 3 is 2.60 bits per heavy atom. The van der Waals surface area contributed by atoms with Gasteiger partial charge in [0, 0.05) is 23.6 Å². The monoisotopic (exact) mass is 613 g/mol. The molecule has 45 heavy (non-hydrogen) atoms. The Hall–Kier alpha value is -4.70. The second-order valence-corrected chi connectivity index (χ2v) is 12.1. The lowest BCUT2D eigenvalue weighted by Gasteiger charge is -2.28. The molecule has 10 heteroatoms. The number of nitrogens with zero attached hydrogens (tertiary/aromatic N) is 3. The van der Waals surface area contributed by atoms with Crippen molar-refractivity contribution in [1.29, 1.82) is 0 Å². The van der Waals surface area contributed by atoms with E-state index in [9.17, 15) is 14.3 Å². The largest absolute Gasteiger partial charge is 0.478 e. The second kappa shape index (κ2) is 11.3. The number of aromatic nitrogens is 3. The van der Waals surface area contributed by atoms with Crippen LogP contribution in [0.3, 0.4) is 0 Å². The van der Waals surface area contributed by atoms with Crippen molar-refractivity contribution in [2.75, 3.05) is 6.61 Å². The van der Waals surface area contributed by atoms with Crippen LogP contribution < -0.4 is 4.74 Å². The van der Waals surface area contributed by atoms with E-state index in [-0.39, 0.29) is 46.9 Å². The second-order valence-electron chi connectivity index (χ2n) is 12.1. The van der Waals surface area contributed by atoms with Crippen LogP contribution in [-0.2, 0) is 24.3 Å². The number of benzene rings is 3. The number of fused-ring (bicyclic) bond motifs is 3. The summed E-state index contributed by atoms with van der Waals surface area (Å²) in [7, 11) is 0. The molecular weight excluding hydrogens is 583 g/mol. The molecule has 1 saturated heterocycles. The molecule has 3 heterocycles. The maximum absolute atomic E-state index is 15.7. The molecule has 2 fully saturated rings. The number of carbonyl (C=O) groups is 1. The number of carboxylic acid groups (broad SMARTS) is 1. The number of carboxylic acids is 1. The molecule has 230 valence electrons. The Morgan fingerprint density at radius 1 is 1.02 bits per heavy atom. The van der Waals surface area contributed by atoms with Gasteiger partial charge in [-0.2, -0.15) is 0 Å². The van der Waals surface area contributed by atoms with Crippen LogP contribution in [0.4, 0.5) is 13.2 Å². The summed E-state index contributed by atoms with van der Waals surface area (Å²) in [5.74, 6) is -1.63. The van der Waals surface area contributed by atoms with Gasteiger partial charge in [0.25, 0.3) is 0 Å². The SMILES string of the molecule is Cc1ccc(COc2cccc(-c3cc(F)c(Cc4nc5ccc(C(=O)O)cc5n4CC45CCC(CO4)C5)cc3F)n2)c(F)c1. The molecule has 2 bridgehead atoms. The first-order chi connectivity index (χ1) is 21.7. The van der Waals surface area contributed by atoms with Crippen molar-refractivity contribution < 1.29 is 32.5 Å². The van der Waals surface area contributed by atoms with E-state index < -0.39 is 23.4 Å². The highest BCUT2D eigenvalue weighted by atomic mass is 19.1. The molecule has 0 amide bonds. The zero-order chi connectivity index (χ0) is 31.3. The van der Waals surface area contributed by atoms with Gasteiger partial charge < -0.3 is 19.1 Å². The summed E-state index contributed by atoms with van der Waals surface area (Å²) in [6.07, 6.45) is 2.83. The summed E-state index contributed by atoms with van der Waals surface area (Å²) in [6, 6.07) is 16.5. The van der Waals surface area contributed by atoms with E-state index in [1.54, 1.807) is 49.4 Å². The zero-order valence-corrected chi connectivity index (χ0v) is 24.5. The van der Waals surface area contributed by atoms with Crippen LogP contribution in [0.5, 0.6) is 5.88 Å². The van der Waals surface area contributed by atoms with E-state index in [0.717, 1.165) is 37.0 Å². The van der Waals surface area contributed by atoms with Crippen molar-refractivity contribution >= 4 is 17.0 Å². The molecule has 3 aromatic carbocycles. The van der Waals surface area contributed by atoms with Crippen molar-refractivity contribution in [2.24, 2.45) is 5.92 Å². The molecule has 2 unspecified atom stereocenters. The van der Waals surface area contributed by atoms with Crippen molar-refractivity contribution in [3.8, 4) is 17.1 Å². The van der Waals surface area contributed by atoms with Gasteiger partial charge in [-0.05, 0) is 85.7 Å². The minimum atomic E-state index is -1.06. The molecule has 2 atom stereocenters. The van der Waals surface area contributed by atoms with Crippen molar-refractivity contribution in [1.82, 2.24) is 14.5 Å². The smallest absolute Gasteiger partial charge is 0.335 e. The number of aryl methyl sites for hydroxylation is 1. The van der Waals surface area contributed by atoms with Gasteiger partial charge >= 0.3 is 5.97 Å². The lowest BCUT2D eigenvalue weighted by Crippen LogP contribution is -2.33. The summed E-state index contributed by atoms with van der Waals surface area (Å²) in [4.78, 5) is 20.8. The van der Waals surface area contributed by atoms with Crippen molar-refractivity contribution in [3.63, 3.8) is 0 Å². The Balaban J connectivity index is 1.18. The standard InChI is InChI=1S/C35H30F3N3O4/c1-20-5-6-23(26(36)11-20)18-44-33-4-2-3-29(40-33)25-15-27(37)24(12-28(25)38)14-32-39-30-8-7-22(34(42)43)13-31(30)41(32)19-35-10-9-21(16-35)17-45-35/h2-8,11-13,15,21H,9-10,14,16-19H2,1H3,(H,42,43). The van der Waals surface area contributed by atoms with Gasteiger partial charge in [-0.1, -0.05) is 18.2 Å². The van der Waals surface area contributed by atoms with E-state index >= 15 is 8.78 Å². The van der Waals surface area contributed by atoms with Gasteiger partial charge in [-0.15, -0.1) is 0 Å². The number of imidazole rings is 1. The molecular formula is C35H30F3N3O4. The fraction of sp³-hybridized carbons (Fsp3) is 0.286. The number of ether oxygens (including phenoxy) is 2. The van der Waals surface area contributed by atoms with Gasteiger partial charge in [0.2, 0.25) is 5.88 Å². The highest BCUT2D eigenvalue weighted by Gasteiger charge is 2.47. The third-order valence-corrected chi connectivity index (χ3v) is 8.88. The number of halogens is 3. The lowest BCUT2D eigenvalue weighted by molar-refractivity contribution is -0.0284. The van der Waals surface area contributed by atoms with Crippen LogP contribution in [0.15, 0.2) is 66.7 Å². The van der Waals surface area contributed by atoms with Crippen molar-refractivity contribution in [3.05, 3.63) is 112 Å². The maximum atomic E-state index is 15.7. The third kappa shape index (κ3) is 5.66. The zero-order valence-electron chi connectivity index (χ0n) is 24.5. The molecule has 1 saturated carbocycles. The van der Waals surface area contributed by atoms with E-state index in [0.29, 0.717) is 41.5 Å². The average Bonchev–Trinajstić information content (AvgIpc) is 3.72. The van der Waals surface area contributed by atoms with E-state index in [2.05, 4.69) is 4.98 Å². The molecule has 2 aliphatic rings. The first-order valence-electron chi connectivity index (χ1n) is 14.9. The third-order valence-electron chi connectivity index (χ3n) is 8.88. The minimum Gasteiger partial charge on any atom is -0.478 e. The van der Waals surface area contributed by atoms with Gasteiger partial charge in [0.15, 0.2) is 0 Å². The molecule has 1 aliphatic heterocycles. The predicted molar refractivity (Wildman–Crippen MR) is 161 cm³/mol. The van der Waals surface area contributed by atoms with Crippen LogP contribution in [0.1, 0.15) is 52.1 Å². The number of pyridine rings is 1. The van der Waals surface area contributed by atoms with Crippen LogP contribution in [-0.4, -0.2) is 37.8 Å². The molecule has 1 aliphatic carbocycles. The van der Waals surface area contributed by atoms with E-state index in [4.69, 9.17) is 14.5 Å². The number of aromatic carboxylic acids is 1. The molecule has 7 rings (SSSR count). The van der Waals surface area contributed by atoms with E-state index in [1.807, 2.05) is 4.57 Å². The molecule has 2 aromatic heterocycles. The predicted octanol–water partition coefficient (Wildman–Crippen LogP) is 7.26. The topological polar surface area (TPSA) is 86.5 Å². The Labute approximate surface area is 257 Å². The molecule has 0 radical (unpaired) electrons. The average molecular weight is 614 g/mol. The number of hydrogen-bond donors (Lipinski definition) is 1. The van der Waals surface area contributed by atoms with Crippen LogP contribution in [0, 0.1) is 30.3 Å². The van der Waals surface area contributed by atoms with Gasteiger partial charge in [-0.3, -0.25) is 0 Å². The summed E-state index contributed by atoms with van der Waals surface area (Å²) in [6.45, 7) is 2.86. The van der Waals surface area contributed by atoms with Gasteiger partial charge in [-0.25, -0.2) is 27.9 Å². The van der Waals surface area contributed by atoms with Crippen LogP contribution >= 0.6 is 0 Å². The number of rotatable bonds is 9. The summed E-state index contributed by atoms with van der Waals surface area (Å²) < 4.78 is 59.2. The van der Waals surface area contributed by atoms with Crippen LogP contribution in [0.25, 0.3) is 22.3 Å². The molecule has 7 nitrogen and oxygen atoms in total.